The highest BCUT2D eigenvalue weighted by atomic mass is 32.2. The van der Waals surface area contributed by atoms with E-state index in [1.807, 2.05) is 0 Å². The summed E-state index contributed by atoms with van der Waals surface area (Å²) in [4.78, 5) is 11.6. The minimum Gasteiger partial charge on any atom is -0.496 e. The van der Waals surface area contributed by atoms with Crippen molar-refractivity contribution in [2.75, 3.05) is 7.11 Å². The molecule has 0 aromatic heterocycles. The zero-order chi connectivity index (χ0) is 15.7. The van der Waals surface area contributed by atoms with E-state index < -0.39 is 14.6 Å². The van der Waals surface area contributed by atoms with Crippen molar-refractivity contribution in [3.63, 3.8) is 0 Å². The molecule has 0 heterocycles. The van der Waals surface area contributed by atoms with Crippen LogP contribution in [0.15, 0.2) is 17.0 Å². The number of methoxy groups -OCH3 is 1. The molecule has 0 amide bonds. The van der Waals surface area contributed by atoms with E-state index in [9.17, 15) is 13.2 Å². The van der Waals surface area contributed by atoms with Crippen molar-refractivity contribution in [1.29, 1.82) is 0 Å². The van der Waals surface area contributed by atoms with Crippen LogP contribution in [0.3, 0.4) is 0 Å². The third-order valence-electron chi connectivity index (χ3n) is 3.38. The van der Waals surface area contributed by atoms with E-state index in [-0.39, 0.29) is 17.1 Å². The van der Waals surface area contributed by atoms with Gasteiger partial charge in [-0.05, 0) is 57.9 Å². The second-order valence-corrected chi connectivity index (χ2v) is 8.28. The molecule has 1 aromatic rings. The van der Waals surface area contributed by atoms with Gasteiger partial charge in [0.1, 0.15) is 11.5 Å². The summed E-state index contributed by atoms with van der Waals surface area (Å²) in [5.74, 6) is 0.521. The molecule has 0 aliphatic carbocycles. The van der Waals surface area contributed by atoms with E-state index in [4.69, 9.17) is 4.74 Å². The molecule has 1 rings (SSSR count). The van der Waals surface area contributed by atoms with Crippen molar-refractivity contribution in [2.45, 2.75) is 50.7 Å². The van der Waals surface area contributed by atoms with Gasteiger partial charge in [-0.1, -0.05) is 0 Å². The van der Waals surface area contributed by atoms with Crippen LogP contribution in [0.1, 0.15) is 38.3 Å². The Morgan fingerprint density at radius 3 is 2.20 bits per heavy atom. The van der Waals surface area contributed by atoms with Gasteiger partial charge in [0, 0.05) is 6.42 Å². The molecule has 5 heteroatoms. The highest BCUT2D eigenvalue weighted by Crippen LogP contribution is 2.33. The monoisotopic (exact) mass is 298 g/mol. The minimum absolute atomic E-state index is 0.000149. The molecule has 1 aromatic carbocycles. The molecule has 0 radical (unpaired) electrons. The van der Waals surface area contributed by atoms with E-state index in [1.54, 1.807) is 46.9 Å². The number of hydrogen-bond acceptors (Lipinski definition) is 4. The topological polar surface area (TPSA) is 60.4 Å². The summed E-state index contributed by atoms with van der Waals surface area (Å²) in [5, 5.41) is 0. The van der Waals surface area contributed by atoms with E-state index in [1.165, 1.54) is 6.92 Å². The van der Waals surface area contributed by atoms with Gasteiger partial charge in [-0.2, -0.15) is 0 Å². The molecule has 4 nitrogen and oxygen atoms in total. The lowest BCUT2D eigenvalue weighted by molar-refractivity contribution is -0.117. The highest BCUT2D eigenvalue weighted by Gasteiger charge is 2.37. The van der Waals surface area contributed by atoms with Crippen LogP contribution in [0.4, 0.5) is 0 Å². The van der Waals surface area contributed by atoms with Gasteiger partial charge in [-0.3, -0.25) is 4.79 Å². The summed E-state index contributed by atoms with van der Waals surface area (Å²) in [5.41, 5.74) is 1.39. The molecule has 0 atom stereocenters. The van der Waals surface area contributed by atoms with E-state index >= 15 is 0 Å². The van der Waals surface area contributed by atoms with Gasteiger partial charge < -0.3 is 4.74 Å². The van der Waals surface area contributed by atoms with Crippen molar-refractivity contribution in [3.05, 3.63) is 23.3 Å². The van der Waals surface area contributed by atoms with E-state index in [0.29, 0.717) is 11.3 Å². The van der Waals surface area contributed by atoms with Gasteiger partial charge in [-0.15, -0.1) is 0 Å². The summed E-state index contributed by atoms with van der Waals surface area (Å²) in [6.45, 7) is 8.11. The zero-order valence-corrected chi connectivity index (χ0v) is 13.7. The van der Waals surface area contributed by atoms with Gasteiger partial charge in [0.15, 0.2) is 9.84 Å². The lowest BCUT2D eigenvalue weighted by atomic mass is 10.1. The normalized spacial score (nSPS) is 12.3. The Labute approximate surface area is 121 Å². The van der Waals surface area contributed by atoms with E-state index in [2.05, 4.69) is 0 Å². The Morgan fingerprint density at radius 2 is 1.75 bits per heavy atom. The minimum atomic E-state index is -3.59. The molecular formula is C15H22O4S. The van der Waals surface area contributed by atoms with Crippen molar-refractivity contribution >= 4 is 15.6 Å². The first kappa shape index (κ1) is 16.7. The summed E-state index contributed by atoms with van der Waals surface area (Å²) in [7, 11) is -2.04. The Kier molecular flexibility index (Phi) is 4.64. The first-order chi connectivity index (χ1) is 9.02. The molecule has 112 valence electrons. The Balaban J connectivity index is 3.43. The van der Waals surface area contributed by atoms with Crippen LogP contribution in [0.25, 0.3) is 0 Å². The van der Waals surface area contributed by atoms with Crippen LogP contribution in [-0.2, 0) is 14.6 Å². The average molecular weight is 298 g/mol. The Bertz CT molecular complexity index is 628. The van der Waals surface area contributed by atoms with Crippen LogP contribution in [0, 0.1) is 13.8 Å². The summed E-state index contributed by atoms with van der Waals surface area (Å²) >= 11 is 0. The van der Waals surface area contributed by atoms with Crippen LogP contribution in [-0.4, -0.2) is 26.1 Å². The number of carbonyl (C=O) groups is 1. The number of ketones is 1. The fourth-order valence-corrected chi connectivity index (χ4v) is 4.07. The Hall–Kier alpha value is -1.36. The number of rotatable bonds is 5. The van der Waals surface area contributed by atoms with Gasteiger partial charge >= 0.3 is 0 Å². The number of hydrogen-bond donors (Lipinski definition) is 0. The maximum absolute atomic E-state index is 12.8. The van der Waals surface area contributed by atoms with Gasteiger partial charge in [0.2, 0.25) is 0 Å². The number of benzene rings is 1. The van der Waals surface area contributed by atoms with Crippen LogP contribution in [0.2, 0.25) is 0 Å². The van der Waals surface area contributed by atoms with Gasteiger partial charge in [0.05, 0.1) is 16.8 Å². The van der Waals surface area contributed by atoms with Gasteiger partial charge in [-0.25, -0.2) is 8.42 Å². The molecule has 0 unspecified atom stereocenters. The first-order valence-electron chi connectivity index (χ1n) is 6.42. The van der Waals surface area contributed by atoms with Crippen LogP contribution in [0.5, 0.6) is 5.75 Å². The van der Waals surface area contributed by atoms with E-state index in [0.717, 1.165) is 5.56 Å². The molecule has 0 saturated heterocycles. The van der Waals surface area contributed by atoms with Crippen molar-refractivity contribution in [2.24, 2.45) is 0 Å². The van der Waals surface area contributed by atoms with Crippen LogP contribution >= 0.6 is 0 Å². The zero-order valence-electron chi connectivity index (χ0n) is 12.9. The maximum Gasteiger partial charge on any atom is 0.184 e. The molecule has 20 heavy (non-hydrogen) atoms. The summed E-state index contributed by atoms with van der Waals surface area (Å²) < 4.78 is 29.6. The number of ether oxygens (including phenoxy) is 1. The average Bonchev–Trinajstić information content (AvgIpc) is 2.29. The second kappa shape index (κ2) is 5.56. The first-order valence-corrected chi connectivity index (χ1v) is 7.90. The third kappa shape index (κ3) is 3.03. The molecule has 0 aliphatic rings. The standard InChI is InChI=1S/C15H22O4S/c1-10-8-14(11(2)7-13(10)19-6)20(17,18)15(4,5)9-12(3)16/h7-8H,9H2,1-6H3. The predicted octanol–water partition coefficient (Wildman–Crippen LogP) is 2.84. The number of Topliss-reactive ketones (excluding diaryl/α,β-unsaturated/α-hetero) is 1. The molecule has 0 bridgehead atoms. The smallest absolute Gasteiger partial charge is 0.184 e. The molecule has 0 spiro atoms. The number of carbonyl (C=O) groups excluding carboxylic acids is 1. The van der Waals surface area contributed by atoms with Crippen molar-refractivity contribution in [3.8, 4) is 5.75 Å². The summed E-state index contributed by atoms with van der Waals surface area (Å²) in [6, 6.07) is 3.33. The summed E-state index contributed by atoms with van der Waals surface area (Å²) in [6.07, 6.45) is -0.000149. The Morgan fingerprint density at radius 1 is 1.20 bits per heavy atom. The lowest BCUT2D eigenvalue weighted by Crippen LogP contribution is -2.34. The SMILES string of the molecule is COc1cc(C)c(S(=O)(=O)C(C)(C)CC(C)=O)cc1C. The van der Waals surface area contributed by atoms with Crippen LogP contribution < -0.4 is 4.74 Å². The highest BCUT2D eigenvalue weighted by molar-refractivity contribution is 7.92. The quantitative estimate of drug-likeness (QED) is 0.838. The second-order valence-electron chi connectivity index (χ2n) is 5.73. The van der Waals surface area contributed by atoms with Crippen molar-refractivity contribution < 1.29 is 17.9 Å². The fraction of sp³-hybridized carbons (Fsp3) is 0.533. The molecule has 0 saturated carbocycles. The number of aryl methyl sites for hydroxylation is 2. The van der Waals surface area contributed by atoms with Crippen molar-refractivity contribution in [1.82, 2.24) is 0 Å². The molecular weight excluding hydrogens is 276 g/mol. The molecule has 0 aliphatic heterocycles. The predicted molar refractivity (Wildman–Crippen MR) is 79.0 cm³/mol. The maximum atomic E-state index is 12.8. The molecule has 0 fully saturated rings. The fourth-order valence-electron chi connectivity index (χ4n) is 2.26. The largest absolute Gasteiger partial charge is 0.496 e. The van der Waals surface area contributed by atoms with Gasteiger partial charge in [0.25, 0.3) is 0 Å². The number of sulfone groups is 1. The lowest BCUT2D eigenvalue weighted by Gasteiger charge is -2.25. The molecule has 0 N–H and O–H groups in total. The third-order valence-corrected chi connectivity index (χ3v) is 6.00.